The summed E-state index contributed by atoms with van der Waals surface area (Å²) in [5.74, 6) is -9.58. The highest BCUT2D eigenvalue weighted by atomic mass is 16.4. The van der Waals surface area contributed by atoms with E-state index in [1.54, 1.807) is 20.8 Å². The number of nitrogens with zero attached hydrogens (tertiary/aromatic N) is 1. The maximum Gasteiger partial charge on any atom is 0.326 e. The molecule has 312 valence electrons. The quantitative estimate of drug-likeness (QED) is 0.0459. The third kappa shape index (κ3) is 14.7. The average Bonchev–Trinajstić information content (AvgIpc) is 3.64. The van der Waals surface area contributed by atoms with Gasteiger partial charge in [-0.05, 0) is 31.6 Å². The molecule has 1 heterocycles. The highest BCUT2D eigenvalue weighted by molar-refractivity contribution is 5.98. The van der Waals surface area contributed by atoms with Crippen LogP contribution in [0.1, 0.15) is 66.7 Å². The van der Waals surface area contributed by atoms with Gasteiger partial charge in [-0.3, -0.25) is 38.4 Å². The van der Waals surface area contributed by atoms with E-state index in [1.165, 1.54) is 0 Å². The molecule has 0 aromatic rings. The summed E-state index contributed by atoms with van der Waals surface area (Å²) in [6, 6.07) is -10.0. The minimum Gasteiger partial charge on any atom is -0.480 e. The molecule has 1 rings (SSSR count). The van der Waals surface area contributed by atoms with E-state index in [9.17, 15) is 63.6 Å². The van der Waals surface area contributed by atoms with Crippen LogP contribution in [0.4, 0.5) is 0 Å². The molecule has 1 aliphatic rings. The van der Waals surface area contributed by atoms with Crippen LogP contribution >= 0.6 is 0 Å². The van der Waals surface area contributed by atoms with Crippen molar-refractivity contribution >= 4 is 53.2 Å². The van der Waals surface area contributed by atoms with Crippen molar-refractivity contribution in [2.24, 2.45) is 23.3 Å². The minimum atomic E-state index is -1.77. The molecule has 8 amide bonds. The number of hydrogen-bond acceptors (Lipinski definition) is 13. The Hall–Kier alpha value is -4.93. The van der Waals surface area contributed by atoms with Crippen LogP contribution in [0.3, 0.4) is 0 Å². The number of nitrogens with one attached hydrogen (secondary N) is 6. The molecule has 0 aromatic heterocycles. The molecule has 22 nitrogen and oxygen atoms in total. The van der Waals surface area contributed by atoms with Crippen molar-refractivity contribution in [3.05, 3.63) is 0 Å². The Balaban J connectivity index is 2.89. The number of carbonyl (C=O) groups excluding carboxylic acids is 8. The second-order valence-corrected chi connectivity index (χ2v) is 13.5. The summed E-state index contributed by atoms with van der Waals surface area (Å²) >= 11 is 0. The molecule has 0 bridgehead atoms. The summed E-state index contributed by atoms with van der Waals surface area (Å²) in [5, 5.41) is 52.6. The Labute approximate surface area is 318 Å². The van der Waals surface area contributed by atoms with Gasteiger partial charge in [0, 0.05) is 6.54 Å². The van der Waals surface area contributed by atoms with Crippen LogP contribution in [-0.4, -0.2) is 153 Å². The van der Waals surface area contributed by atoms with E-state index >= 15 is 0 Å². The smallest absolute Gasteiger partial charge is 0.326 e. The molecule has 10 atom stereocenters. The zero-order valence-electron chi connectivity index (χ0n) is 31.7. The van der Waals surface area contributed by atoms with Gasteiger partial charge in [0.2, 0.25) is 47.3 Å². The predicted molar refractivity (Wildman–Crippen MR) is 192 cm³/mol. The Morgan fingerprint density at radius 2 is 1.27 bits per heavy atom. The summed E-state index contributed by atoms with van der Waals surface area (Å²) in [5.41, 5.74) is 11.3. The molecular weight excluding hydrogens is 730 g/mol. The Kier molecular flexibility index (Phi) is 20.2. The van der Waals surface area contributed by atoms with E-state index < -0.39 is 134 Å². The number of aliphatic hydroxyl groups excluding tert-OH is 3. The summed E-state index contributed by atoms with van der Waals surface area (Å²) in [7, 11) is 0. The van der Waals surface area contributed by atoms with Gasteiger partial charge < -0.3 is 68.7 Å². The molecule has 0 radical (unpaired) electrons. The van der Waals surface area contributed by atoms with Crippen LogP contribution in [0.5, 0.6) is 0 Å². The maximum absolute atomic E-state index is 13.4. The summed E-state index contributed by atoms with van der Waals surface area (Å²) < 4.78 is 0. The Bertz CT molecular complexity index is 1400. The SMILES string of the molecule is CC[C@H](C)[C@H](N)C(=O)N[C@@H](CC(N)=O)C(=O)N1CCC[C@H]1C(=O)NCC(=O)N[C@@H](CO)C(=O)N[C@@H](CO)C(=O)N[C@H](C(=O)N[C@H](C(=O)O)[C@@H](C)CC)[C@@H](C)O. The number of carboxylic acid groups (broad SMARTS) is 1. The highest BCUT2D eigenvalue weighted by Gasteiger charge is 2.39. The van der Waals surface area contributed by atoms with E-state index in [2.05, 4.69) is 31.9 Å². The monoisotopic (exact) mass is 787 g/mol. The zero-order chi connectivity index (χ0) is 42.2. The Morgan fingerprint density at radius 3 is 1.78 bits per heavy atom. The normalized spacial score (nSPS) is 18.8. The van der Waals surface area contributed by atoms with Crippen LogP contribution in [0.25, 0.3) is 0 Å². The fourth-order valence-corrected chi connectivity index (χ4v) is 5.46. The van der Waals surface area contributed by atoms with E-state index in [4.69, 9.17) is 11.5 Å². The van der Waals surface area contributed by atoms with Crippen LogP contribution < -0.4 is 43.4 Å². The van der Waals surface area contributed by atoms with Crippen molar-refractivity contribution in [1.82, 2.24) is 36.8 Å². The first-order valence-corrected chi connectivity index (χ1v) is 18.0. The molecule has 0 unspecified atom stereocenters. The molecule has 1 fully saturated rings. The summed E-state index contributed by atoms with van der Waals surface area (Å²) in [6.45, 7) is 5.27. The van der Waals surface area contributed by atoms with Gasteiger partial charge in [0.25, 0.3) is 0 Å². The van der Waals surface area contributed by atoms with Gasteiger partial charge in [0.1, 0.15) is 36.3 Å². The van der Waals surface area contributed by atoms with E-state index in [0.717, 1.165) is 11.8 Å². The number of carboxylic acids is 1. The highest BCUT2D eigenvalue weighted by Crippen LogP contribution is 2.20. The lowest BCUT2D eigenvalue weighted by Gasteiger charge is -2.29. The van der Waals surface area contributed by atoms with Crippen molar-refractivity contribution in [2.75, 3.05) is 26.3 Å². The first-order valence-electron chi connectivity index (χ1n) is 18.0. The van der Waals surface area contributed by atoms with Gasteiger partial charge in [-0.15, -0.1) is 0 Å². The topological polar surface area (TPSA) is 362 Å². The molecule has 1 aliphatic heterocycles. The number of primary amides is 1. The number of hydrogen-bond donors (Lipinski definition) is 12. The average molecular weight is 788 g/mol. The fourth-order valence-electron chi connectivity index (χ4n) is 5.46. The van der Waals surface area contributed by atoms with Crippen LogP contribution in [0.15, 0.2) is 0 Å². The number of rotatable bonds is 23. The lowest BCUT2D eigenvalue weighted by Crippen LogP contribution is -2.61. The largest absolute Gasteiger partial charge is 0.480 e. The van der Waals surface area contributed by atoms with Gasteiger partial charge in [-0.25, -0.2) is 4.79 Å². The number of carbonyl (C=O) groups is 9. The number of nitrogens with two attached hydrogens (primary N) is 2. The van der Waals surface area contributed by atoms with Crippen LogP contribution in [0, 0.1) is 11.8 Å². The zero-order valence-corrected chi connectivity index (χ0v) is 31.7. The molecular formula is C33H57N9O13. The third-order valence-corrected chi connectivity index (χ3v) is 9.33. The maximum atomic E-state index is 13.4. The van der Waals surface area contributed by atoms with Crippen molar-refractivity contribution in [2.45, 2.75) is 115 Å². The number of aliphatic hydroxyl groups is 3. The molecule has 0 saturated carbocycles. The van der Waals surface area contributed by atoms with Crippen molar-refractivity contribution < 1.29 is 63.6 Å². The number of aliphatic carboxylic acids is 1. The predicted octanol–water partition coefficient (Wildman–Crippen LogP) is -5.74. The lowest BCUT2D eigenvalue weighted by molar-refractivity contribution is -0.144. The fraction of sp³-hybridized carbons (Fsp3) is 0.727. The van der Waals surface area contributed by atoms with Gasteiger partial charge >= 0.3 is 5.97 Å². The van der Waals surface area contributed by atoms with Crippen LogP contribution in [-0.2, 0) is 43.2 Å². The van der Waals surface area contributed by atoms with Crippen molar-refractivity contribution in [3.63, 3.8) is 0 Å². The minimum absolute atomic E-state index is 0.0849. The molecule has 0 aromatic carbocycles. The molecule has 0 aliphatic carbocycles. The first kappa shape index (κ1) is 48.1. The molecule has 55 heavy (non-hydrogen) atoms. The number of amides is 8. The molecule has 1 saturated heterocycles. The van der Waals surface area contributed by atoms with E-state index in [1.807, 2.05) is 6.92 Å². The van der Waals surface area contributed by atoms with Gasteiger partial charge in [0.15, 0.2) is 0 Å². The van der Waals surface area contributed by atoms with Crippen molar-refractivity contribution in [3.8, 4) is 0 Å². The Morgan fingerprint density at radius 1 is 0.745 bits per heavy atom. The number of likely N-dealkylation sites (tertiary alicyclic amines) is 1. The second-order valence-electron chi connectivity index (χ2n) is 13.5. The van der Waals surface area contributed by atoms with Gasteiger partial charge in [-0.2, -0.15) is 0 Å². The third-order valence-electron chi connectivity index (χ3n) is 9.33. The molecule has 14 N–H and O–H groups in total. The standard InChI is InChI=1S/C33H57N9O13/c1-6-15(3)24(35)30(51)38-18(11-22(34)46)32(53)42-10-8-9-21(42)29(50)36-12-23(47)37-19(13-43)27(48)39-20(14-44)28(49)41-26(17(5)45)31(52)40-25(33(54)55)16(4)7-2/h15-21,24-26,43-45H,6-14,35H2,1-5H3,(H2,34,46)(H,36,50)(H,37,47)(H,38,51)(H,39,48)(H,40,52)(H,41,49)(H,54,55)/t15-,16-,17+,18-,19-,20-,21-,24-,25-,26-/m0/s1. The van der Waals surface area contributed by atoms with Gasteiger partial charge in [-0.1, -0.05) is 40.5 Å². The summed E-state index contributed by atoms with van der Waals surface area (Å²) in [6.07, 6.45) is -0.612. The lowest BCUT2D eigenvalue weighted by atomic mass is 9.98. The van der Waals surface area contributed by atoms with E-state index in [-0.39, 0.29) is 18.9 Å². The second kappa shape index (κ2) is 23.1. The van der Waals surface area contributed by atoms with Gasteiger partial charge in [0.05, 0.1) is 38.3 Å². The van der Waals surface area contributed by atoms with Crippen molar-refractivity contribution in [1.29, 1.82) is 0 Å². The van der Waals surface area contributed by atoms with E-state index in [0.29, 0.717) is 19.3 Å². The molecule has 22 heteroatoms. The molecule has 0 spiro atoms. The summed E-state index contributed by atoms with van der Waals surface area (Å²) in [4.78, 5) is 115. The van der Waals surface area contributed by atoms with Crippen LogP contribution in [0.2, 0.25) is 0 Å². The first-order chi connectivity index (χ1) is 25.7.